The lowest BCUT2D eigenvalue weighted by atomic mass is 10.1. The zero-order valence-electron chi connectivity index (χ0n) is 16.6. The second kappa shape index (κ2) is 7.65. The minimum atomic E-state index is -4.76. The molecule has 1 saturated carbocycles. The molecule has 0 heterocycles. The van der Waals surface area contributed by atoms with Gasteiger partial charge in [0.25, 0.3) is 0 Å². The van der Waals surface area contributed by atoms with E-state index in [0.29, 0.717) is 11.5 Å². The van der Waals surface area contributed by atoms with Crippen LogP contribution in [-0.2, 0) is 14.3 Å². The number of nitrogens with zero attached hydrogens (tertiary/aromatic N) is 1. The highest BCUT2D eigenvalue weighted by molar-refractivity contribution is 5.81. The van der Waals surface area contributed by atoms with Crippen molar-refractivity contribution >= 4 is 5.97 Å². The first-order valence-corrected chi connectivity index (χ1v) is 9.13. The molecule has 3 rings (SSSR count). The predicted molar refractivity (Wildman–Crippen MR) is 100 cm³/mol. The molecule has 0 spiro atoms. The standard InChI is InChI=1S/C22H20F3NO4/c1-20(2)18(21(20,28-3)22(23,24)25)19(27)30-17(13-26)14-8-7-11-16(12-14)29-15-9-5-4-6-10-15/h4-12,17-18H,1-3H3. The van der Waals surface area contributed by atoms with Crippen LogP contribution < -0.4 is 4.74 Å². The van der Waals surface area contributed by atoms with Crippen LogP contribution in [0.15, 0.2) is 54.6 Å². The molecular formula is C22H20F3NO4. The number of benzene rings is 2. The van der Waals surface area contributed by atoms with Crippen LogP contribution in [0.5, 0.6) is 11.5 Å². The largest absolute Gasteiger partial charge is 0.457 e. The summed E-state index contributed by atoms with van der Waals surface area (Å²) in [5.74, 6) is -1.76. The number of nitriles is 1. The third-order valence-corrected chi connectivity index (χ3v) is 5.47. The second-order valence-corrected chi connectivity index (χ2v) is 7.53. The first-order chi connectivity index (χ1) is 14.1. The number of esters is 1. The summed E-state index contributed by atoms with van der Waals surface area (Å²) < 4.78 is 56.4. The fraction of sp³-hybridized carbons (Fsp3) is 0.364. The Kier molecular flexibility index (Phi) is 5.52. The fourth-order valence-electron chi connectivity index (χ4n) is 3.93. The van der Waals surface area contributed by atoms with E-state index in [2.05, 4.69) is 0 Å². The summed E-state index contributed by atoms with van der Waals surface area (Å²) in [7, 11) is 0.911. The van der Waals surface area contributed by atoms with Crippen molar-refractivity contribution in [1.29, 1.82) is 5.26 Å². The quantitative estimate of drug-likeness (QED) is 0.603. The summed E-state index contributed by atoms with van der Waals surface area (Å²) in [4.78, 5) is 12.6. The zero-order valence-corrected chi connectivity index (χ0v) is 16.6. The SMILES string of the molecule is COC1(C(F)(F)F)C(C(=O)OC(C#N)c2cccc(Oc3ccccc3)c2)C1(C)C. The van der Waals surface area contributed by atoms with E-state index in [0.717, 1.165) is 7.11 Å². The minimum absolute atomic E-state index is 0.285. The molecule has 0 saturated heterocycles. The maximum atomic E-state index is 13.6. The Morgan fingerprint density at radius 1 is 1.10 bits per heavy atom. The van der Waals surface area contributed by atoms with Gasteiger partial charge < -0.3 is 14.2 Å². The molecule has 8 heteroatoms. The maximum Gasteiger partial charge on any atom is 0.418 e. The first-order valence-electron chi connectivity index (χ1n) is 9.13. The second-order valence-electron chi connectivity index (χ2n) is 7.53. The third kappa shape index (κ3) is 3.50. The van der Waals surface area contributed by atoms with Gasteiger partial charge in [-0.3, -0.25) is 4.79 Å². The maximum absolute atomic E-state index is 13.6. The Balaban J connectivity index is 1.79. The summed E-state index contributed by atoms with van der Waals surface area (Å²) in [6.07, 6.45) is -6.16. The molecule has 0 aromatic heterocycles. The number of halogens is 3. The van der Waals surface area contributed by atoms with Crippen LogP contribution in [0, 0.1) is 22.7 Å². The van der Waals surface area contributed by atoms with Gasteiger partial charge in [0.1, 0.15) is 23.5 Å². The van der Waals surface area contributed by atoms with Crippen LogP contribution in [0.3, 0.4) is 0 Å². The Morgan fingerprint density at radius 2 is 1.73 bits per heavy atom. The summed E-state index contributed by atoms with van der Waals surface area (Å²) in [6.45, 7) is 2.57. The molecule has 2 aromatic rings. The number of hydrogen-bond donors (Lipinski definition) is 0. The van der Waals surface area contributed by atoms with Gasteiger partial charge in [-0.2, -0.15) is 18.4 Å². The molecule has 0 bridgehead atoms. The van der Waals surface area contributed by atoms with Crippen molar-refractivity contribution < 1.29 is 32.2 Å². The number of carbonyl (C=O) groups excluding carboxylic acids is 1. The van der Waals surface area contributed by atoms with Crippen molar-refractivity contribution in [2.24, 2.45) is 11.3 Å². The molecule has 3 atom stereocenters. The van der Waals surface area contributed by atoms with E-state index in [-0.39, 0.29) is 5.56 Å². The number of ether oxygens (including phenoxy) is 3. The molecule has 3 unspecified atom stereocenters. The van der Waals surface area contributed by atoms with Crippen LogP contribution in [-0.4, -0.2) is 24.9 Å². The molecule has 0 amide bonds. The van der Waals surface area contributed by atoms with E-state index in [1.807, 2.05) is 12.1 Å². The topological polar surface area (TPSA) is 68.5 Å². The van der Waals surface area contributed by atoms with E-state index in [4.69, 9.17) is 14.2 Å². The molecule has 1 aliphatic carbocycles. The van der Waals surface area contributed by atoms with Crippen molar-refractivity contribution in [2.75, 3.05) is 7.11 Å². The van der Waals surface area contributed by atoms with Gasteiger partial charge >= 0.3 is 12.1 Å². The summed E-state index contributed by atoms with van der Waals surface area (Å²) >= 11 is 0. The average molecular weight is 419 g/mol. The smallest absolute Gasteiger partial charge is 0.418 e. The number of para-hydroxylation sites is 1. The monoisotopic (exact) mass is 419 g/mol. The molecule has 0 radical (unpaired) electrons. The molecule has 0 N–H and O–H groups in total. The van der Waals surface area contributed by atoms with Gasteiger partial charge in [-0.15, -0.1) is 0 Å². The Labute approximate surface area is 172 Å². The molecule has 1 aliphatic rings. The van der Waals surface area contributed by atoms with Gasteiger partial charge in [-0.25, -0.2) is 0 Å². The molecule has 5 nitrogen and oxygen atoms in total. The van der Waals surface area contributed by atoms with E-state index < -0.39 is 35.2 Å². The predicted octanol–water partition coefficient (Wildman–Crippen LogP) is 5.19. The molecule has 30 heavy (non-hydrogen) atoms. The van der Waals surface area contributed by atoms with E-state index in [1.165, 1.54) is 26.0 Å². The van der Waals surface area contributed by atoms with Gasteiger partial charge in [0, 0.05) is 18.1 Å². The van der Waals surface area contributed by atoms with Crippen LogP contribution in [0.1, 0.15) is 25.5 Å². The van der Waals surface area contributed by atoms with Crippen molar-refractivity contribution in [2.45, 2.75) is 31.7 Å². The first kappa shape index (κ1) is 21.7. The van der Waals surface area contributed by atoms with Crippen molar-refractivity contribution in [3.8, 4) is 17.6 Å². The van der Waals surface area contributed by atoms with Crippen LogP contribution in [0.4, 0.5) is 13.2 Å². The highest BCUT2D eigenvalue weighted by atomic mass is 19.4. The molecule has 1 fully saturated rings. The summed E-state index contributed by atoms with van der Waals surface area (Å²) in [5.41, 5.74) is -3.88. The average Bonchev–Trinajstić information content (AvgIpc) is 3.23. The highest BCUT2D eigenvalue weighted by Gasteiger charge is 2.87. The highest BCUT2D eigenvalue weighted by Crippen LogP contribution is 2.70. The molecule has 158 valence electrons. The van der Waals surface area contributed by atoms with Crippen molar-refractivity contribution in [3.63, 3.8) is 0 Å². The minimum Gasteiger partial charge on any atom is -0.457 e. The molecular weight excluding hydrogens is 399 g/mol. The van der Waals surface area contributed by atoms with Gasteiger partial charge in [0.05, 0.1) is 0 Å². The van der Waals surface area contributed by atoms with Gasteiger partial charge in [0.15, 0.2) is 5.60 Å². The van der Waals surface area contributed by atoms with Crippen LogP contribution in [0.2, 0.25) is 0 Å². The lowest BCUT2D eigenvalue weighted by Crippen LogP contribution is -2.39. The molecule has 2 aromatic carbocycles. The van der Waals surface area contributed by atoms with E-state index in [9.17, 15) is 23.2 Å². The third-order valence-electron chi connectivity index (χ3n) is 5.47. The lowest BCUT2D eigenvalue weighted by molar-refractivity contribution is -0.244. The zero-order chi connectivity index (χ0) is 22.2. The number of alkyl halides is 3. The number of methoxy groups -OCH3 is 1. The fourth-order valence-corrected chi connectivity index (χ4v) is 3.93. The Morgan fingerprint density at radius 3 is 2.27 bits per heavy atom. The number of carbonyl (C=O) groups is 1. The van der Waals surface area contributed by atoms with E-state index in [1.54, 1.807) is 36.4 Å². The number of rotatable bonds is 6. The van der Waals surface area contributed by atoms with Crippen LogP contribution in [0.25, 0.3) is 0 Å². The van der Waals surface area contributed by atoms with Gasteiger partial charge in [0.2, 0.25) is 6.10 Å². The van der Waals surface area contributed by atoms with Gasteiger partial charge in [-0.05, 0) is 24.3 Å². The van der Waals surface area contributed by atoms with Crippen LogP contribution >= 0.6 is 0 Å². The normalized spacial score (nSPS) is 23.2. The van der Waals surface area contributed by atoms with E-state index >= 15 is 0 Å². The lowest BCUT2D eigenvalue weighted by Gasteiger charge is -2.22. The van der Waals surface area contributed by atoms with Crippen molar-refractivity contribution in [1.82, 2.24) is 0 Å². The number of hydrogen-bond acceptors (Lipinski definition) is 5. The summed E-state index contributed by atoms with van der Waals surface area (Å²) in [5, 5.41) is 9.47. The Hall–Kier alpha value is -3.05. The van der Waals surface area contributed by atoms with Gasteiger partial charge in [-0.1, -0.05) is 44.2 Å². The molecule has 0 aliphatic heterocycles. The Bertz CT molecular complexity index is 968. The summed E-state index contributed by atoms with van der Waals surface area (Å²) in [6, 6.07) is 17.0. The van der Waals surface area contributed by atoms with Crippen molar-refractivity contribution in [3.05, 3.63) is 60.2 Å².